The highest BCUT2D eigenvalue weighted by molar-refractivity contribution is 7.85. The number of hydrogen-bond acceptors (Lipinski definition) is 2. The van der Waals surface area contributed by atoms with Crippen molar-refractivity contribution < 1.29 is 17.5 Å². The van der Waals surface area contributed by atoms with Gasteiger partial charge in [-0.25, -0.2) is 0 Å². The number of aryl methyl sites for hydroxylation is 1. The van der Waals surface area contributed by atoms with E-state index in [0.717, 1.165) is 5.56 Å². The van der Waals surface area contributed by atoms with Crippen molar-refractivity contribution >= 4 is 10.1 Å². The van der Waals surface area contributed by atoms with Crippen LogP contribution in [-0.2, 0) is 10.1 Å². The molecule has 0 aliphatic carbocycles. The first-order valence-corrected chi connectivity index (χ1v) is 14.6. The van der Waals surface area contributed by atoms with Gasteiger partial charge in [0.1, 0.15) is 0 Å². The first-order valence-electron chi connectivity index (χ1n) is 13.1. The Morgan fingerprint density at radius 1 is 0.625 bits per heavy atom. The van der Waals surface area contributed by atoms with E-state index in [-0.39, 0.29) is 4.90 Å². The molecule has 0 aliphatic rings. The Balaban J connectivity index is 0.000000726. The summed E-state index contributed by atoms with van der Waals surface area (Å²) in [5.74, 6) is 0. The molecule has 0 spiro atoms. The molecule has 0 atom stereocenters. The first-order chi connectivity index (χ1) is 15.2. The predicted octanol–water partition coefficient (Wildman–Crippen LogP) is 7.81. The topological polar surface area (TPSA) is 54.4 Å². The van der Waals surface area contributed by atoms with Crippen molar-refractivity contribution in [1.82, 2.24) is 0 Å². The van der Waals surface area contributed by atoms with Crippen molar-refractivity contribution in [1.29, 1.82) is 0 Å². The molecular formula is C27H52NO3S+. The smallest absolute Gasteiger partial charge is 0.294 e. The summed E-state index contributed by atoms with van der Waals surface area (Å²) >= 11 is 0. The Bertz CT molecular complexity index is 634. The van der Waals surface area contributed by atoms with Gasteiger partial charge in [0.05, 0.1) is 31.1 Å². The third kappa shape index (κ3) is 15.0. The fourth-order valence-electron chi connectivity index (χ4n) is 4.09. The molecule has 0 radical (unpaired) electrons. The lowest BCUT2D eigenvalue weighted by atomic mass is 10.1. The molecular weight excluding hydrogens is 418 g/mol. The summed E-state index contributed by atoms with van der Waals surface area (Å²) in [4.78, 5) is -0.0666. The summed E-state index contributed by atoms with van der Waals surface area (Å²) in [6.07, 6.45) is 17.0. The van der Waals surface area contributed by atoms with E-state index in [2.05, 4.69) is 27.7 Å². The van der Waals surface area contributed by atoms with E-state index >= 15 is 0 Å². The minimum Gasteiger partial charge on any atom is -0.324 e. The van der Waals surface area contributed by atoms with E-state index in [1.54, 1.807) is 12.1 Å². The van der Waals surface area contributed by atoms with Crippen molar-refractivity contribution in [2.45, 2.75) is 117 Å². The van der Waals surface area contributed by atoms with Gasteiger partial charge in [0.2, 0.25) is 0 Å². The van der Waals surface area contributed by atoms with Gasteiger partial charge in [-0.2, -0.15) is 8.42 Å². The van der Waals surface area contributed by atoms with Gasteiger partial charge in [0.25, 0.3) is 10.1 Å². The second kappa shape index (κ2) is 18.5. The Morgan fingerprint density at radius 3 is 1.41 bits per heavy atom. The normalized spacial score (nSPS) is 11.8. The molecule has 1 rings (SSSR count). The Kier molecular flexibility index (Phi) is 18.0. The fraction of sp³-hybridized carbons (Fsp3) is 0.778. The minimum atomic E-state index is -4.02. The Labute approximate surface area is 200 Å². The maximum atomic E-state index is 10.5. The van der Waals surface area contributed by atoms with Crippen LogP contribution in [0.4, 0.5) is 0 Å². The zero-order valence-corrected chi connectivity index (χ0v) is 22.6. The van der Waals surface area contributed by atoms with Gasteiger partial charge in [-0.15, -0.1) is 0 Å². The highest BCUT2D eigenvalue weighted by Gasteiger charge is 2.24. The second-order valence-corrected chi connectivity index (χ2v) is 10.8. The monoisotopic (exact) mass is 470 g/mol. The Morgan fingerprint density at radius 2 is 1.00 bits per heavy atom. The number of nitrogens with zero attached hydrogens (tertiary/aromatic N) is 1. The zero-order valence-electron chi connectivity index (χ0n) is 21.7. The van der Waals surface area contributed by atoms with E-state index in [0.29, 0.717) is 0 Å². The molecule has 32 heavy (non-hydrogen) atoms. The lowest BCUT2D eigenvalue weighted by Gasteiger charge is -2.39. The minimum absolute atomic E-state index is 0.0666. The number of benzene rings is 1. The average Bonchev–Trinajstić information content (AvgIpc) is 2.77. The van der Waals surface area contributed by atoms with Gasteiger partial charge in [-0.1, -0.05) is 90.3 Å². The third-order valence-corrected chi connectivity index (χ3v) is 7.13. The number of rotatable bonds is 17. The maximum Gasteiger partial charge on any atom is 0.294 e. The standard InChI is InChI=1S/C20H44N.C7H8O3S/c1-5-9-13-14-15-16-20-21(17-10-6-2,18-11-7-3)19-12-8-4;1-6-2-4-7(5-3-6)11(8,9)10/h5-20H2,1-4H3;2-5H,1H3,(H,8,9,10)/q+1;. The largest absolute Gasteiger partial charge is 0.324 e. The van der Waals surface area contributed by atoms with Crippen molar-refractivity contribution in [3.63, 3.8) is 0 Å². The van der Waals surface area contributed by atoms with Crippen LogP contribution in [0, 0.1) is 6.92 Å². The Hall–Kier alpha value is -0.910. The lowest BCUT2D eigenvalue weighted by molar-refractivity contribution is -0.929. The van der Waals surface area contributed by atoms with Crippen molar-refractivity contribution in [3.05, 3.63) is 29.8 Å². The SMILES string of the molecule is CCCCCCCC[N+](CCCC)(CCCC)CCCC.Cc1ccc(S(=O)(=O)O)cc1. The van der Waals surface area contributed by atoms with Crippen LogP contribution in [0.2, 0.25) is 0 Å². The van der Waals surface area contributed by atoms with Crippen molar-refractivity contribution in [3.8, 4) is 0 Å². The summed E-state index contributed by atoms with van der Waals surface area (Å²) in [6, 6.07) is 5.99. The predicted molar refractivity (Wildman–Crippen MR) is 139 cm³/mol. The molecule has 0 amide bonds. The van der Waals surface area contributed by atoms with Crippen LogP contribution < -0.4 is 0 Å². The van der Waals surface area contributed by atoms with Gasteiger partial charge < -0.3 is 4.48 Å². The van der Waals surface area contributed by atoms with Crippen LogP contribution in [0.15, 0.2) is 29.2 Å². The summed E-state index contributed by atoms with van der Waals surface area (Å²) in [5, 5.41) is 0. The molecule has 188 valence electrons. The van der Waals surface area contributed by atoms with E-state index in [4.69, 9.17) is 4.55 Å². The number of unbranched alkanes of at least 4 members (excludes halogenated alkanes) is 8. The summed E-state index contributed by atoms with van der Waals surface area (Å²) in [5.41, 5.74) is 0.956. The quantitative estimate of drug-likeness (QED) is 0.143. The molecule has 0 heterocycles. The van der Waals surface area contributed by atoms with E-state index < -0.39 is 10.1 Å². The third-order valence-electron chi connectivity index (χ3n) is 6.26. The number of quaternary nitrogens is 1. The van der Waals surface area contributed by atoms with Crippen LogP contribution in [-0.4, -0.2) is 43.6 Å². The van der Waals surface area contributed by atoms with Gasteiger partial charge in [0, 0.05) is 0 Å². The van der Waals surface area contributed by atoms with Crippen LogP contribution in [0.3, 0.4) is 0 Å². The summed E-state index contributed by atoms with van der Waals surface area (Å²) in [7, 11) is -4.02. The highest BCUT2D eigenvalue weighted by Crippen LogP contribution is 2.17. The molecule has 0 aliphatic heterocycles. The number of hydrogen-bond donors (Lipinski definition) is 1. The van der Waals surface area contributed by atoms with Crippen molar-refractivity contribution in [2.24, 2.45) is 0 Å². The first kappa shape index (κ1) is 31.1. The van der Waals surface area contributed by atoms with E-state index in [9.17, 15) is 8.42 Å². The van der Waals surface area contributed by atoms with Crippen LogP contribution in [0.5, 0.6) is 0 Å². The molecule has 0 unspecified atom stereocenters. The van der Waals surface area contributed by atoms with Gasteiger partial charge in [-0.05, 0) is 51.2 Å². The van der Waals surface area contributed by atoms with Gasteiger partial charge in [-0.3, -0.25) is 4.55 Å². The fourth-order valence-corrected chi connectivity index (χ4v) is 4.57. The molecule has 4 nitrogen and oxygen atoms in total. The molecule has 1 aromatic carbocycles. The highest BCUT2D eigenvalue weighted by atomic mass is 32.2. The van der Waals surface area contributed by atoms with E-state index in [1.165, 1.54) is 120 Å². The van der Waals surface area contributed by atoms with Crippen molar-refractivity contribution in [2.75, 3.05) is 26.2 Å². The van der Waals surface area contributed by atoms with Crippen LogP contribution >= 0.6 is 0 Å². The average molecular weight is 471 g/mol. The molecule has 5 heteroatoms. The molecule has 0 fully saturated rings. The molecule has 1 N–H and O–H groups in total. The maximum absolute atomic E-state index is 10.5. The zero-order chi connectivity index (χ0) is 24.3. The van der Waals surface area contributed by atoms with Crippen LogP contribution in [0.25, 0.3) is 0 Å². The van der Waals surface area contributed by atoms with E-state index in [1.807, 2.05) is 6.92 Å². The second-order valence-electron chi connectivity index (χ2n) is 9.35. The lowest BCUT2D eigenvalue weighted by Crippen LogP contribution is -2.50. The van der Waals surface area contributed by atoms with Gasteiger partial charge >= 0.3 is 0 Å². The van der Waals surface area contributed by atoms with Gasteiger partial charge in [0.15, 0.2) is 0 Å². The molecule has 0 bridgehead atoms. The molecule has 1 aromatic rings. The molecule has 0 saturated carbocycles. The van der Waals surface area contributed by atoms with Crippen LogP contribution in [0.1, 0.15) is 110 Å². The molecule has 0 saturated heterocycles. The molecule has 0 aromatic heterocycles. The summed E-state index contributed by atoms with van der Waals surface area (Å²) in [6.45, 7) is 16.9. The summed E-state index contributed by atoms with van der Waals surface area (Å²) < 4.78 is 31.0.